The molecule has 0 radical (unpaired) electrons. The van der Waals surface area contributed by atoms with E-state index in [1.54, 1.807) is 18.4 Å². The molecule has 28 heavy (non-hydrogen) atoms. The molecule has 0 fully saturated rings. The monoisotopic (exact) mass is 383 g/mol. The van der Waals surface area contributed by atoms with Gasteiger partial charge in [0.05, 0.1) is 28.3 Å². The molecule has 2 aromatic heterocycles. The first-order valence-corrected chi connectivity index (χ1v) is 9.32. The highest BCUT2D eigenvalue weighted by atomic mass is 32.1. The Morgan fingerprint density at radius 1 is 1.18 bits per heavy atom. The molecule has 1 aromatic carbocycles. The van der Waals surface area contributed by atoms with Crippen LogP contribution in [0.2, 0.25) is 0 Å². The summed E-state index contributed by atoms with van der Waals surface area (Å²) in [5, 5.41) is 22.6. The lowest BCUT2D eigenvalue weighted by molar-refractivity contribution is 0.102. The van der Waals surface area contributed by atoms with Gasteiger partial charge in [0.15, 0.2) is 0 Å². The fourth-order valence-corrected chi connectivity index (χ4v) is 3.91. The quantitative estimate of drug-likeness (QED) is 0.743. The number of aliphatic imine (C=N–C) groups is 1. The normalized spacial score (nSPS) is 11.9. The predicted octanol–water partition coefficient (Wildman–Crippen LogP) is 3.80. The second-order valence-electron chi connectivity index (χ2n) is 6.30. The molecular weight excluding hydrogens is 370 g/mol. The molecule has 0 unspecified atom stereocenters. The number of benzene rings is 1. The molecule has 1 aliphatic rings. The molecule has 1 N–H and O–H groups in total. The topological polar surface area (TPSA) is 102 Å². The van der Waals surface area contributed by atoms with Crippen molar-refractivity contribution in [3.63, 3.8) is 0 Å². The summed E-state index contributed by atoms with van der Waals surface area (Å²) in [4.78, 5) is 22.2. The van der Waals surface area contributed by atoms with Crippen LogP contribution in [0.25, 0.3) is 0 Å². The fourth-order valence-electron chi connectivity index (χ4n) is 3.06. The summed E-state index contributed by atoms with van der Waals surface area (Å²) in [6.45, 7) is 2.33. The Kier molecular flexibility index (Phi) is 4.44. The summed E-state index contributed by atoms with van der Waals surface area (Å²) in [7, 11) is 0. The summed E-state index contributed by atoms with van der Waals surface area (Å²) >= 11 is 1.48. The van der Waals surface area contributed by atoms with E-state index < -0.39 is 0 Å². The number of hydrogen-bond acceptors (Lipinski definition) is 6. The first kappa shape index (κ1) is 17.6. The average molecular weight is 383 g/mol. The molecule has 0 bridgehead atoms. The van der Waals surface area contributed by atoms with Crippen molar-refractivity contribution in [3.05, 3.63) is 80.3 Å². The molecule has 0 saturated carbocycles. The van der Waals surface area contributed by atoms with Gasteiger partial charge in [0.2, 0.25) is 0 Å². The minimum atomic E-state index is -0.332. The number of nitrogens with zero attached hydrogens (tertiary/aromatic N) is 4. The van der Waals surface area contributed by atoms with E-state index in [1.165, 1.54) is 17.5 Å². The molecule has 3 heterocycles. The number of carbonyl (C=O) groups excluding carboxylic acids is 1. The lowest BCUT2D eigenvalue weighted by Crippen LogP contribution is -2.16. The number of pyridine rings is 1. The number of nitrogens with one attached hydrogen (secondary N) is 1. The van der Waals surface area contributed by atoms with Crippen molar-refractivity contribution in [3.8, 4) is 12.1 Å². The van der Waals surface area contributed by atoms with Crippen LogP contribution in [0.1, 0.15) is 43.2 Å². The van der Waals surface area contributed by atoms with Crippen molar-refractivity contribution in [1.29, 1.82) is 10.5 Å². The van der Waals surface area contributed by atoms with Crippen molar-refractivity contribution in [2.75, 3.05) is 5.32 Å². The second-order valence-corrected chi connectivity index (χ2v) is 7.21. The van der Waals surface area contributed by atoms with Gasteiger partial charge in [-0.15, -0.1) is 11.3 Å². The Bertz CT molecular complexity index is 1230. The van der Waals surface area contributed by atoms with Crippen molar-refractivity contribution >= 4 is 28.6 Å². The minimum Gasteiger partial charge on any atom is -0.321 e. The fraction of sp³-hybridized carbons (Fsp3) is 0.0952. The van der Waals surface area contributed by atoms with E-state index in [0.29, 0.717) is 28.9 Å². The third-order valence-corrected chi connectivity index (χ3v) is 5.35. The predicted molar refractivity (Wildman–Crippen MR) is 106 cm³/mol. The van der Waals surface area contributed by atoms with Gasteiger partial charge in [-0.3, -0.25) is 9.79 Å². The molecule has 3 aromatic rings. The standard InChI is InChI=1S/C21H13N5OS/c1-12-4-13(7-22)9-24-19(12)21(27)26-16-3-2-15-10-25-20(17(15)6-16)18-5-14(8-23)11-28-18/h2-6,9,11H,10H2,1H3,(H,26,27). The van der Waals surface area contributed by atoms with Crippen molar-refractivity contribution < 1.29 is 4.79 Å². The first-order valence-electron chi connectivity index (χ1n) is 8.44. The van der Waals surface area contributed by atoms with Gasteiger partial charge in [-0.2, -0.15) is 10.5 Å². The molecule has 0 aliphatic carbocycles. The summed E-state index contributed by atoms with van der Waals surface area (Å²) in [6, 6.07) is 13.3. The van der Waals surface area contributed by atoms with Crippen LogP contribution in [-0.4, -0.2) is 16.6 Å². The first-order chi connectivity index (χ1) is 13.6. The highest BCUT2D eigenvalue weighted by molar-refractivity contribution is 7.12. The maximum Gasteiger partial charge on any atom is 0.274 e. The highest BCUT2D eigenvalue weighted by Gasteiger charge is 2.20. The van der Waals surface area contributed by atoms with Crippen LogP contribution >= 0.6 is 11.3 Å². The molecule has 134 valence electrons. The van der Waals surface area contributed by atoms with E-state index in [4.69, 9.17) is 10.5 Å². The van der Waals surface area contributed by atoms with Crippen LogP contribution in [-0.2, 0) is 6.54 Å². The summed E-state index contributed by atoms with van der Waals surface area (Å²) in [6.07, 6.45) is 1.39. The maximum absolute atomic E-state index is 12.6. The van der Waals surface area contributed by atoms with Gasteiger partial charge < -0.3 is 5.32 Å². The number of thiophene rings is 1. The smallest absolute Gasteiger partial charge is 0.274 e. The van der Waals surface area contributed by atoms with E-state index >= 15 is 0 Å². The third kappa shape index (κ3) is 3.16. The molecule has 4 rings (SSSR count). The van der Waals surface area contributed by atoms with Crippen LogP contribution in [0.4, 0.5) is 5.69 Å². The zero-order chi connectivity index (χ0) is 19.7. The van der Waals surface area contributed by atoms with Gasteiger partial charge in [0, 0.05) is 22.8 Å². The van der Waals surface area contributed by atoms with Crippen LogP contribution < -0.4 is 5.32 Å². The van der Waals surface area contributed by atoms with Crippen molar-refractivity contribution in [2.45, 2.75) is 13.5 Å². The zero-order valence-electron chi connectivity index (χ0n) is 14.9. The molecule has 7 heteroatoms. The van der Waals surface area contributed by atoms with E-state index in [0.717, 1.165) is 21.7 Å². The van der Waals surface area contributed by atoms with Gasteiger partial charge in [0.25, 0.3) is 5.91 Å². The van der Waals surface area contributed by atoms with Crippen LogP contribution in [0.15, 0.2) is 46.9 Å². The highest BCUT2D eigenvalue weighted by Crippen LogP contribution is 2.29. The largest absolute Gasteiger partial charge is 0.321 e. The summed E-state index contributed by atoms with van der Waals surface area (Å²) in [5.41, 5.74) is 5.46. The Hall–Kier alpha value is -3.81. The van der Waals surface area contributed by atoms with Gasteiger partial charge in [0.1, 0.15) is 17.8 Å². The maximum atomic E-state index is 12.6. The van der Waals surface area contributed by atoms with E-state index in [9.17, 15) is 4.79 Å². The van der Waals surface area contributed by atoms with Gasteiger partial charge in [-0.25, -0.2) is 4.98 Å². The van der Waals surface area contributed by atoms with Crippen LogP contribution in [0.5, 0.6) is 0 Å². The van der Waals surface area contributed by atoms with E-state index in [2.05, 4.69) is 21.4 Å². The van der Waals surface area contributed by atoms with Crippen molar-refractivity contribution in [2.24, 2.45) is 4.99 Å². The average Bonchev–Trinajstić information content (AvgIpc) is 3.33. The van der Waals surface area contributed by atoms with Crippen LogP contribution in [0.3, 0.4) is 0 Å². The summed E-state index contributed by atoms with van der Waals surface area (Å²) < 4.78 is 0. The Labute approximate surface area is 165 Å². The van der Waals surface area contributed by atoms with E-state index in [-0.39, 0.29) is 11.6 Å². The molecule has 0 spiro atoms. The van der Waals surface area contributed by atoms with Gasteiger partial charge in [-0.1, -0.05) is 6.07 Å². The molecular formula is C21H13N5OS. The lowest BCUT2D eigenvalue weighted by atomic mass is 10.0. The van der Waals surface area contributed by atoms with E-state index in [1.807, 2.05) is 30.3 Å². The number of aryl methyl sites for hydroxylation is 1. The second kappa shape index (κ2) is 7.07. The number of hydrogen-bond donors (Lipinski definition) is 1. The Morgan fingerprint density at radius 2 is 2.00 bits per heavy atom. The summed E-state index contributed by atoms with van der Waals surface area (Å²) in [5.74, 6) is -0.332. The number of fused-ring (bicyclic) bond motifs is 1. The Morgan fingerprint density at radius 3 is 2.71 bits per heavy atom. The Balaban J connectivity index is 1.61. The molecule has 1 amide bonds. The number of nitriles is 2. The number of carbonyl (C=O) groups is 1. The number of rotatable bonds is 3. The number of aromatic nitrogens is 1. The zero-order valence-corrected chi connectivity index (χ0v) is 15.7. The van der Waals surface area contributed by atoms with Crippen LogP contribution in [0, 0.1) is 29.6 Å². The van der Waals surface area contributed by atoms with Crippen molar-refractivity contribution in [1.82, 2.24) is 4.98 Å². The SMILES string of the molecule is Cc1cc(C#N)cnc1C(=O)Nc1ccc2c(c1)C(c1cc(C#N)cs1)=NC2. The molecule has 0 atom stereocenters. The van der Waals surface area contributed by atoms with Gasteiger partial charge >= 0.3 is 0 Å². The molecule has 1 aliphatic heterocycles. The number of amides is 1. The molecule has 0 saturated heterocycles. The third-order valence-electron chi connectivity index (χ3n) is 4.41. The van der Waals surface area contributed by atoms with Gasteiger partial charge in [-0.05, 0) is 42.3 Å². The lowest BCUT2D eigenvalue weighted by Gasteiger charge is -2.09. The minimum absolute atomic E-state index is 0.283. The molecule has 6 nitrogen and oxygen atoms in total. The number of anilines is 1.